The second kappa shape index (κ2) is 5.24. The molecule has 0 bridgehead atoms. The summed E-state index contributed by atoms with van der Waals surface area (Å²) in [5.41, 5.74) is 0.817. The van der Waals surface area contributed by atoms with Gasteiger partial charge in [0.2, 0.25) is 0 Å². The number of rotatable bonds is 3. The van der Waals surface area contributed by atoms with Gasteiger partial charge in [-0.05, 0) is 42.6 Å². The zero-order valence-corrected chi connectivity index (χ0v) is 8.93. The first-order chi connectivity index (χ1) is 7.19. The third kappa shape index (κ3) is 2.87. The Kier molecular flexibility index (Phi) is 3.97. The normalized spacial score (nSPS) is 8.53. The van der Waals surface area contributed by atoms with Crippen LogP contribution in [0.2, 0.25) is 0 Å². The molecule has 0 aliphatic heterocycles. The summed E-state index contributed by atoms with van der Waals surface area (Å²) in [5, 5.41) is 13.1. The highest BCUT2D eigenvalue weighted by molar-refractivity contribution is 7.78. The topological polar surface area (TPSA) is 62.0 Å². The van der Waals surface area contributed by atoms with E-state index in [0.29, 0.717) is 11.4 Å². The van der Waals surface area contributed by atoms with Crippen LogP contribution in [0.5, 0.6) is 0 Å². The summed E-state index contributed by atoms with van der Waals surface area (Å²) in [6.07, 6.45) is 0. The number of carboxylic acids is 1. The molecule has 1 N–H and O–H groups in total. The van der Waals surface area contributed by atoms with Crippen LogP contribution in [-0.2, 0) is 0 Å². The van der Waals surface area contributed by atoms with Crippen LogP contribution in [0.3, 0.4) is 0 Å². The number of thiocarbonyl (C=S) groups is 2. The van der Waals surface area contributed by atoms with Crippen molar-refractivity contribution < 1.29 is 9.90 Å². The van der Waals surface area contributed by atoms with Gasteiger partial charge in [-0.1, -0.05) is 0 Å². The maximum absolute atomic E-state index is 10.7. The standard InChI is InChI=1S/C9H4N2O2S2/c12-9(13)6-1-2-7(10-4-14)8(3-6)11-5-15/h1-3H,(H,12,13). The molecule has 0 fully saturated rings. The van der Waals surface area contributed by atoms with E-state index in [9.17, 15) is 4.79 Å². The molecule has 1 aromatic rings. The molecule has 0 saturated heterocycles. The van der Waals surface area contributed by atoms with Gasteiger partial charge in [-0.25, -0.2) is 4.79 Å². The zero-order chi connectivity index (χ0) is 11.3. The van der Waals surface area contributed by atoms with Crippen molar-refractivity contribution in [2.24, 2.45) is 9.98 Å². The maximum atomic E-state index is 10.7. The molecule has 0 heterocycles. The highest BCUT2D eigenvalue weighted by atomic mass is 32.1. The molecule has 4 nitrogen and oxygen atoms in total. The number of aromatic carboxylic acids is 1. The van der Waals surface area contributed by atoms with Gasteiger partial charge in [-0.3, -0.25) is 0 Å². The molecular formula is C9H4N2O2S2. The fraction of sp³-hybridized carbons (Fsp3) is 0. The lowest BCUT2D eigenvalue weighted by molar-refractivity contribution is 0.0697. The van der Waals surface area contributed by atoms with E-state index in [-0.39, 0.29) is 5.56 Å². The average molecular weight is 236 g/mol. The predicted octanol–water partition coefficient (Wildman–Crippen LogP) is 2.85. The van der Waals surface area contributed by atoms with Crippen LogP contribution in [0.25, 0.3) is 0 Å². The highest BCUT2D eigenvalue weighted by Gasteiger charge is 2.06. The van der Waals surface area contributed by atoms with Crippen LogP contribution >= 0.6 is 24.4 Å². The van der Waals surface area contributed by atoms with Crippen molar-refractivity contribution >= 4 is 52.1 Å². The van der Waals surface area contributed by atoms with Gasteiger partial charge in [0.25, 0.3) is 0 Å². The molecule has 0 aliphatic carbocycles. The van der Waals surface area contributed by atoms with E-state index in [4.69, 9.17) is 5.11 Å². The van der Waals surface area contributed by atoms with Gasteiger partial charge < -0.3 is 5.11 Å². The van der Waals surface area contributed by atoms with E-state index in [1.165, 1.54) is 18.2 Å². The maximum Gasteiger partial charge on any atom is 0.335 e. The molecule has 1 rings (SSSR count). The second-order valence-electron chi connectivity index (χ2n) is 2.41. The Morgan fingerprint density at radius 3 is 2.33 bits per heavy atom. The van der Waals surface area contributed by atoms with Gasteiger partial charge >= 0.3 is 5.97 Å². The van der Waals surface area contributed by atoms with E-state index in [0.717, 1.165) is 0 Å². The smallest absolute Gasteiger partial charge is 0.335 e. The number of benzene rings is 1. The minimum Gasteiger partial charge on any atom is -0.478 e. The molecular weight excluding hydrogens is 232 g/mol. The van der Waals surface area contributed by atoms with Crippen molar-refractivity contribution in [2.45, 2.75) is 0 Å². The Balaban J connectivity index is 3.38. The lowest BCUT2D eigenvalue weighted by Crippen LogP contribution is -1.94. The molecule has 6 heteroatoms. The van der Waals surface area contributed by atoms with Gasteiger partial charge in [0.15, 0.2) is 0 Å². The lowest BCUT2D eigenvalue weighted by Gasteiger charge is -1.98. The number of hydrogen-bond acceptors (Lipinski definition) is 5. The summed E-state index contributed by atoms with van der Waals surface area (Å²) in [7, 11) is 0. The predicted molar refractivity (Wildman–Crippen MR) is 62.8 cm³/mol. The van der Waals surface area contributed by atoms with Crippen molar-refractivity contribution in [3.8, 4) is 0 Å². The van der Waals surface area contributed by atoms with Crippen LogP contribution in [0.4, 0.5) is 11.4 Å². The van der Waals surface area contributed by atoms with Crippen LogP contribution in [0.1, 0.15) is 10.4 Å². The molecule has 0 amide bonds. The summed E-state index contributed by atoms with van der Waals surface area (Å²) in [4.78, 5) is 18.1. The van der Waals surface area contributed by atoms with Gasteiger partial charge in [-0.15, -0.1) is 0 Å². The number of isothiocyanates is 2. The first kappa shape index (κ1) is 11.4. The van der Waals surface area contributed by atoms with Gasteiger partial charge in [0, 0.05) is 0 Å². The molecule has 0 radical (unpaired) electrons. The highest BCUT2D eigenvalue weighted by Crippen LogP contribution is 2.28. The summed E-state index contributed by atoms with van der Waals surface area (Å²) < 4.78 is 0. The number of carbonyl (C=O) groups is 1. The Labute approximate surface area is 96.0 Å². The summed E-state index contributed by atoms with van der Waals surface area (Å²) in [6, 6.07) is 4.22. The third-order valence-electron chi connectivity index (χ3n) is 1.55. The van der Waals surface area contributed by atoms with Crippen molar-refractivity contribution in [1.82, 2.24) is 0 Å². The van der Waals surface area contributed by atoms with E-state index in [1.54, 1.807) is 0 Å². The van der Waals surface area contributed by atoms with E-state index >= 15 is 0 Å². The van der Waals surface area contributed by atoms with Crippen molar-refractivity contribution in [2.75, 3.05) is 0 Å². The lowest BCUT2D eigenvalue weighted by atomic mass is 10.2. The number of aliphatic imine (C=N–C) groups is 2. The minimum atomic E-state index is -1.05. The molecule has 0 unspecified atom stereocenters. The largest absolute Gasteiger partial charge is 0.478 e. The number of carboxylic acid groups (broad SMARTS) is 1. The molecule has 0 aliphatic rings. The van der Waals surface area contributed by atoms with E-state index in [1.807, 2.05) is 0 Å². The van der Waals surface area contributed by atoms with Crippen molar-refractivity contribution in [3.05, 3.63) is 23.8 Å². The first-order valence-electron chi connectivity index (χ1n) is 3.72. The van der Waals surface area contributed by atoms with Gasteiger partial charge in [0.1, 0.15) is 11.4 Å². The molecule has 15 heavy (non-hydrogen) atoms. The van der Waals surface area contributed by atoms with Crippen LogP contribution in [0, 0.1) is 0 Å². The van der Waals surface area contributed by atoms with Crippen LogP contribution in [-0.4, -0.2) is 21.4 Å². The van der Waals surface area contributed by atoms with Crippen LogP contribution < -0.4 is 0 Å². The SMILES string of the molecule is O=C(O)c1ccc(N=C=S)c(N=C=S)c1. The van der Waals surface area contributed by atoms with Gasteiger partial charge in [-0.2, -0.15) is 9.98 Å². The average Bonchev–Trinajstić information content (AvgIpc) is 2.21. The Bertz CT molecular complexity index is 501. The van der Waals surface area contributed by atoms with Gasteiger partial charge in [0.05, 0.1) is 15.9 Å². The van der Waals surface area contributed by atoms with Crippen molar-refractivity contribution in [3.63, 3.8) is 0 Å². The number of hydrogen-bond donors (Lipinski definition) is 1. The summed E-state index contributed by atoms with van der Waals surface area (Å²) in [6.45, 7) is 0. The fourth-order valence-electron chi connectivity index (χ4n) is 0.939. The third-order valence-corrected chi connectivity index (χ3v) is 1.74. The quantitative estimate of drug-likeness (QED) is 0.647. The Morgan fingerprint density at radius 2 is 1.80 bits per heavy atom. The second-order valence-corrected chi connectivity index (χ2v) is 2.78. The number of nitrogens with zero attached hydrogens (tertiary/aromatic N) is 2. The van der Waals surface area contributed by atoms with E-state index in [2.05, 4.69) is 44.7 Å². The minimum absolute atomic E-state index is 0.0994. The molecule has 0 aromatic heterocycles. The summed E-state index contributed by atoms with van der Waals surface area (Å²) in [5.74, 6) is -1.05. The molecule has 0 saturated carbocycles. The van der Waals surface area contributed by atoms with Crippen LogP contribution in [0.15, 0.2) is 28.2 Å². The first-order valence-corrected chi connectivity index (χ1v) is 4.53. The monoisotopic (exact) mass is 236 g/mol. The molecule has 0 atom stereocenters. The Morgan fingerprint density at radius 1 is 1.20 bits per heavy atom. The molecule has 1 aromatic carbocycles. The fourth-order valence-corrected chi connectivity index (χ4v) is 1.14. The van der Waals surface area contributed by atoms with E-state index < -0.39 is 5.97 Å². The summed E-state index contributed by atoms with van der Waals surface area (Å²) >= 11 is 8.88. The molecule has 74 valence electrons. The Hall–Kier alpha value is -1.71. The van der Waals surface area contributed by atoms with Crippen molar-refractivity contribution in [1.29, 1.82) is 0 Å². The molecule has 0 spiro atoms. The zero-order valence-electron chi connectivity index (χ0n) is 7.30.